The summed E-state index contributed by atoms with van der Waals surface area (Å²) in [5, 5.41) is 8.51. The van der Waals surface area contributed by atoms with Crippen LogP contribution in [-0.4, -0.2) is 32.5 Å². The van der Waals surface area contributed by atoms with E-state index < -0.39 is 0 Å². The minimum Gasteiger partial charge on any atom is -0.423 e. The summed E-state index contributed by atoms with van der Waals surface area (Å²) in [5.41, 5.74) is 2.50. The lowest BCUT2D eigenvalue weighted by atomic mass is 9.85. The molecule has 1 unspecified atom stereocenters. The van der Waals surface area contributed by atoms with Crippen LogP contribution in [0.5, 0.6) is 0 Å². The maximum absolute atomic E-state index is 13.1. The Hall–Kier alpha value is -2.24. The van der Waals surface area contributed by atoms with Crippen LogP contribution in [0.3, 0.4) is 0 Å². The van der Waals surface area contributed by atoms with Crippen molar-refractivity contribution in [3.05, 3.63) is 40.9 Å². The third-order valence-electron chi connectivity index (χ3n) is 5.38. The van der Waals surface area contributed by atoms with Crippen LogP contribution >= 0.6 is 0 Å². The zero-order valence-corrected chi connectivity index (χ0v) is 14.9. The van der Waals surface area contributed by atoms with E-state index in [1.165, 1.54) is 6.42 Å². The molecule has 1 aliphatic heterocycles. The van der Waals surface area contributed by atoms with Crippen LogP contribution in [0.2, 0.25) is 0 Å². The summed E-state index contributed by atoms with van der Waals surface area (Å²) in [6, 6.07) is 1.87. The smallest absolute Gasteiger partial charge is 0.273 e. The molecule has 2 aromatic heterocycles. The Balaban J connectivity index is 1.60. The molecular formula is C19H24N4O2. The van der Waals surface area contributed by atoms with Gasteiger partial charge >= 0.3 is 0 Å². The predicted octanol–water partition coefficient (Wildman–Crippen LogP) is 3.72. The van der Waals surface area contributed by atoms with E-state index in [0.717, 1.165) is 49.1 Å². The lowest BCUT2D eigenvalue weighted by Gasteiger charge is -2.33. The highest BCUT2D eigenvalue weighted by atomic mass is 16.4. The third kappa shape index (κ3) is 3.05. The van der Waals surface area contributed by atoms with Gasteiger partial charge in [-0.1, -0.05) is 12.5 Å². The Bertz CT molecular complexity index is 781. The van der Waals surface area contributed by atoms with Gasteiger partial charge in [0.25, 0.3) is 5.91 Å². The van der Waals surface area contributed by atoms with E-state index in [0.29, 0.717) is 24.0 Å². The molecule has 1 atom stereocenters. The van der Waals surface area contributed by atoms with E-state index in [4.69, 9.17) is 4.42 Å². The Morgan fingerprint density at radius 1 is 1.12 bits per heavy atom. The van der Waals surface area contributed by atoms with Crippen molar-refractivity contribution in [3.8, 4) is 0 Å². The standard InChI is InChI=1S/C19H24N4O2/c1-12-10-13(2)16(20-11-12)19(24)23-9-4-3-8-15(23)18-22-21-17(25-18)14-6-5-7-14/h10-11,14-15H,3-9H2,1-2H3. The first kappa shape index (κ1) is 16.2. The average Bonchev–Trinajstić information content (AvgIpc) is 3.02. The Morgan fingerprint density at radius 2 is 1.92 bits per heavy atom. The summed E-state index contributed by atoms with van der Waals surface area (Å²) < 4.78 is 5.96. The maximum atomic E-state index is 13.1. The second kappa shape index (κ2) is 6.58. The highest BCUT2D eigenvalue weighted by molar-refractivity contribution is 5.94. The number of aryl methyl sites for hydroxylation is 2. The summed E-state index contributed by atoms with van der Waals surface area (Å²) in [7, 11) is 0. The number of likely N-dealkylation sites (tertiary alicyclic amines) is 1. The Kier molecular flexibility index (Phi) is 4.27. The SMILES string of the molecule is Cc1cnc(C(=O)N2CCCCC2c2nnc(C3CCC3)o2)c(C)c1. The second-order valence-electron chi connectivity index (χ2n) is 7.29. The third-order valence-corrected chi connectivity index (χ3v) is 5.38. The van der Waals surface area contributed by atoms with Gasteiger partial charge in [0.2, 0.25) is 11.8 Å². The zero-order valence-electron chi connectivity index (χ0n) is 14.9. The van der Waals surface area contributed by atoms with Gasteiger partial charge in [-0.05, 0) is 57.1 Å². The van der Waals surface area contributed by atoms with Gasteiger partial charge in [0.15, 0.2) is 0 Å². The topological polar surface area (TPSA) is 72.1 Å². The van der Waals surface area contributed by atoms with Gasteiger partial charge < -0.3 is 9.32 Å². The number of aromatic nitrogens is 3. The molecule has 3 heterocycles. The van der Waals surface area contributed by atoms with Crippen LogP contribution in [0.1, 0.15) is 83.9 Å². The van der Waals surface area contributed by atoms with Crippen molar-refractivity contribution in [1.29, 1.82) is 0 Å². The van der Waals surface area contributed by atoms with E-state index in [9.17, 15) is 4.79 Å². The van der Waals surface area contributed by atoms with Crippen LogP contribution in [0, 0.1) is 13.8 Å². The Labute approximate surface area is 147 Å². The molecule has 25 heavy (non-hydrogen) atoms. The van der Waals surface area contributed by atoms with E-state index in [-0.39, 0.29) is 11.9 Å². The fourth-order valence-electron chi connectivity index (χ4n) is 3.71. The normalized spacial score (nSPS) is 21.2. The average molecular weight is 340 g/mol. The van der Waals surface area contributed by atoms with Crippen LogP contribution in [0.15, 0.2) is 16.7 Å². The minimum atomic E-state index is -0.134. The van der Waals surface area contributed by atoms with Gasteiger partial charge in [0.1, 0.15) is 11.7 Å². The first-order valence-corrected chi connectivity index (χ1v) is 9.21. The van der Waals surface area contributed by atoms with E-state index >= 15 is 0 Å². The highest BCUT2D eigenvalue weighted by Gasteiger charge is 2.35. The number of nitrogens with zero attached hydrogens (tertiary/aromatic N) is 4. The number of pyridine rings is 1. The van der Waals surface area contributed by atoms with Gasteiger partial charge in [-0.25, -0.2) is 0 Å². The van der Waals surface area contributed by atoms with Gasteiger partial charge in [-0.3, -0.25) is 9.78 Å². The number of amides is 1. The molecule has 2 aliphatic rings. The van der Waals surface area contributed by atoms with Crippen molar-refractivity contribution in [2.75, 3.05) is 6.54 Å². The lowest BCUT2D eigenvalue weighted by Crippen LogP contribution is -2.39. The van der Waals surface area contributed by atoms with Crippen molar-refractivity contribution in [3.63, 3.8) is 0 Å². The molecule has 0 bridgehead atoms. The molecule has 0 aromatic carbocycles. The highest BCUT2D eigenvalue weighted by Crippen LogP contribution is 2.38. The summed E-state index contributed by atoms with van der Waals surface area (Å²) in [6.07, 6.45) is 8.16. The molecule has 132 valence electrons. The molecule has 2 fully saturated rings. The van der Waals surface area contributed by atoms with Crippen molar-refractivity contribution >= 4 is 5.91 Å². The summed E-state index contributed by atoms with van der Waals surface area (Å²) in [4.78, 5) is 19.3. The van der Waals surface area contributed by atoms with Crippen LogP contribution in [-0.2, 0) is 0 Å². The van der Waals surface area contributed by atoms with E-state index in [1.807, 2.05) is 24.8 Å². The zero-order chi connectivity index (χ0) is 17.4. The summed E-state index contributed by atoms with van der Waals surface area (Å²) >= 11 is 0. The van der Waals surface area contributed by atoms with Gasteiger partial charge in [0, 0.05) is 18.7 Å². The van der Waals surface area contributed by atoms with Gasteiger partial charge in [0.05, 0.1) is 0 Å². The fraction of sp³-hybridized carbons (Fsp3) is 0.579. The summed E-state index contributed by atoms with van der Waals surface area (Å²) in [6.45, 7) is 4.63. The number of piperidine rings is 1. The molecule has 2 aromatic rings. The largest absolute Gasteiger partial charge is 0.423 e. The number of hydrogen-bond acceptors (Lipinski definition) is 5. The molecular weight excluding hydrogens is 316 g/mol. The second-order valence-corrected chi connectivity index (χ2v) is 7.29. The van der Waals surface area contributed by atoms with E-state index in [2.05, 4.69) is 15.2 Å². The minimum absolute atomic E-state index is 0.0365. The number of carbonyl (C=O) groups excluding carboxylic acids is 1. The van der Waals surface area contributed by atoms with Crippen LogP contribution in [0.4, 0.5) is 0 Å². The number of carbonyl (C=O) groups is 1. The molecule has 1 saturated heterocycles. The molecule has 1 aliphatic carbocycles. The maximum Gasteiger partial charge on any atom is 0.273 e. The quantitative estimate of drug-likeness (QED) is 0.851. The first-order valence-electron chi connectivity index (χ1n) is 9.21. The summed E-state index contributed by atoms with van der Waals surface area (Å²) in [5.74, 6) is 1.70. The van der Waals surface area contributed by atoms with Crippen molar-refractivity contribution < 1.29 is 9.21 Å². The molecule has 1 amide bonds. The van der Waals surface area contributed by atoms with Crippen LogP contribution in [0.25, 0.3) is 0 Å². The van der Waals surface area contributed by atoms with E-state index in [1.54, 1.807) is 6.20 Å². The number of hydrogen-bond donors (Lipinski definition) is 0. The molecule has 4 rings (SSSR count). The molecule has 0 spiro atoms. The monoisotopic (exact) mass is 340 g/mol. The molecule has 0 radical (unpaired) electrons. The van der Waals surface area contributed by atoms with Gasteiger partial charge in [-0.15, -0.1) is 10.2 Å². The van der Waals surface area contributed by atoms with Gasteiger partial charge in [-0.2, -0.15) is 0 Å². The first-order chi connectivity index (χ1) is 12.1. The fourth-order valence-corrected chi connectivity index (χ4v) is 3.71. The molecule has 0 N–H and O–H groups in total. The molecule has 6 heteroatoms. The lowest BCUT2D eigenvalue weighted by molar-refractivity contribution is 0.0561. The Morgan fingerprint density at radius 3 is 2.64 bits per heavy atom. The van der Waals surface area contributed by atoms with Crippen molar-refractivity contribution in [2.45, 2.75) is 64.3 Å². The van der Waals surface area contributed by atoms with Crippen molar-refractivity contribution in [1.82, 2.24) is 20.1 Å². The predicted molar refractivity (Wildman–Crippen MR) is 92.2 cm³/mol. The van der Waals surface area contributed by atoms with Crippen LogP contribution < -0.4 is 0 Å². The number of rotatable bonds is 3. The van der Waals surface area contributed by atoms with Crippen molar-refractivity contribution in [2.24, 2.45) is 0 Å². The molecule has 1 saturated carbocycles. The molecule has 6 nitrogen and oxygen atoms in total.